The molecule has 1 spiro atoms. The van der Waals surface area contributed by atoms with Gasteiger partial charge in [0.25, 0.3) is 5.91 Å². The Balaban J connectivity index is 1.62. The van der Waals surface area contributed by atoms with Crippen LogP contribution in [0.2, 0.25) is 0 Å². The molecule has 1 amide bonds. The Bertz CT molecular complexity index is 784. The van der Waals surface area contributed by atoms with Crippen molar-refractivity contribution in [1.29, 1.82) is 0 Å². The Kier molecular flexibility index (Phi) is 4.16. The molecule has 0 aromatic heterocycles. The van der Waals surface area contributed by atoms with Gasteiger partial charge >= 0.3 is 0 Å². The first-order valence-electron chi connectivity index (χ1n) is 9.22. The van der Waals surface area contributed by atoms with Crippen LogP contribution >= 0.6 is 0 Å². The molecule has 2 heterocycles. The number of nitrogens with zero attached hydrogens (tertiary/aromatic N) is 2. The molecule has 4 heteroatoms. The predicted octanol–water partition coefficient (Wildman–Crippen LogP) is 3.69. The van der Waals surface area contributed by atoms with Gasteiger partial charge in [-0.2, -0.15) is 0 Å². The van der Waals surface area contributed by atoms with Crippen molar-refractivity contribution in [2.75, 3.05) is 38.7 Å². The lowest BCUT2D eigenvalue weighted by Gasteiger charge is -2.38. The van der Waals surface area contributed by atoms with Crippen molar-refractivity contribution in [2.24, 2.45) is 0 Å². The molecule has 0 radical (unpaired) electrons. The number of ether oxygens (including phenoxy) is 1. The Morgan fingerprint density at radius 1 is 1.04 bits per heavy atom. The van der Waals surface area contributed by atoms with Gasteiger partial charge in [0.05, 0.1) is 5.60 Å². The number of amides is 1. The molecule has 0 unspecified atom stereocenters. The van der Waals surface area contributed by atoms with Crippen LogP contribution in [0.5, 0.6) is 0 Å². The SMILES string of the molecule is CN(C)c1ccc(C(=O)N2CCC3(CCCO3)CC2)c2ccccc12. The molecule has 0 saturated carbocycles. The van der Waals surface area contributed by atoms with E-state index in [1.165, 1.54) is 0 Å². The number of benzene rings is 2. The molecule has 132 valence electrons. The fourth-order valence-corrected chi connectivity index (χ4v) is 4.30. The van der Waals surface area contributed by atoms with Gasteiger partial charge in [0, 0.05) is 50.4 Å². The van der Waals surface area contributed by atoms with E-state index in [1.54, 1.807) is 0 Å². The maximum Gasteiger partial charge on any atom is 0.254 e. The molecule has 4 rings (SSSR count). The number of carbonyl (C=O) groups excluding carboxylic acids is 1. The highest BCUT2D eigenvalue weighted by atomic mass is 16.5. The van der Waals surface area contributed by atoms with E-state index < -0.39 is 0 Å². The van der Waals surface area contributed by atoms with Crippen LogP contribution in [-0.4, -0.2) is 50.2 Å². The van der Waals surface area contributed by atoms with Gasteiger partial charge in [-0.25, -0.2) is 0 Å². The largest absolute Gasteiger partial charge is 0.377 e. The van der Waals surface area contributed by atoms with Gasteiger partial charge in [-0.15, -0.1) is 0 Å². The summed E-state index contributed by atoms with van der Waals surface area (Å²) in [5.74, 6) is 0.148. The summed E-state index contributed by atoms with van der Waals surface area (Å²) in [5.41, 5.74) is 2.00. The number of likely N-dealkylation sites (tertiary alicyclic amines) is 1. The predicted molar refractivity (Wildman–Crippen MR) is 101 cm³/mol. The number of rotatable bonds is 2. The zero-order valence-corrected chi connectivity index (χ0v) is 15.1. The molecule has 2 saturated heterocycles. The normalized spacial score (nSPS) is 19.5. The topological polar surface area (TPSA) is 32.8 Å². The third-order valence-electron chi connectivity index (χ3n) is 5.76. The maximum absolute atomic E-state index is 13.2. The Hall–Kier alpha value is -2.07. The smallest absolute Gasteiger partial charge is 0.254 e. The molecular formula is C21H26N2O2. The van der Waals surface area contributed by atoms with E-state index in [0.29, 0.717) is 0 Å². The molecule has 2 aliphatic rings. The van der Waals surface area contributed by atoms with E-state index in [2.05, 4.69) is 23.1 Å². The van der Waals surface area contributed by atoms with Gasteiger partial charge in [0.15, 0.2) is 0 Å². The van der Waals surface area contributed by atoms with Gasteiger partial charge < -0.3 is 14.5 Å². The molecule has 4 nitrogen and oxygen atoms in total. The number of hydrogen-bond donors (Lipinski definition) is 0. The number of hydrogen-bond acceptors (Lipinski definition) is 3. The monoisotopic (exact) mass is 338 g/mol. The summed E-state index contributed by atoms with van der Waals surface area (Å²) >= 11 is 0. The van der Waals surface area contributed by atoms with Crippen LogP contribution < -0.4 is 4.90 Å². The fraction of sp³-hybridized carbons (Fsp3) is 0.476. The number of piperidine rings is 1. The minimum absolute atomic E-state index is 0.0492. The van der Waals surface area contributed by atoms with Crippen LogP contribution in [0.4, 0.5) is 5.69 Å². The lowest BCUT2D eigenvalue weighted by atomic mass is 9.88. The molecule has 0 aliphatic carbocycles. The van der Waals surface area contributed by atoms with Crippen LogP contribution in [0.3, 0.4) is 0 Å². The van der Waals surface area contributed by atoms with Crippen molar-refractivity contribution in [3.63, 3.8) is 0 Å². The van der Waals surface area contributed by atoms with E-state index in [1.807, 2.05) is 37.2 Å². The second-order valence-corrected chi connectivity index (χ2v) is 7.50. The van der Waals surface area contributed by atoms with Crippen LogP contribution in [0.25, 0.3) is 10.8 Å². The average Bonchev–Trinajstić information content (AvgIpc) is 3.08. The third-order valence-corrected chi connectivity index (χ3v) is 5.76. The van der Waals surface area contributed by atoms with Gasteiger partial charge in [-0.3, -0.25) is 4.79 Å². The second kappa shape index (κ2) is 6.34. The van der Waals surface area contributed by atoms with Crippen molar-refractivity contribution in [3.05, 3.63) is 42.0 Å². The Labute approximate surface area is 149 Å². The van der Waals surface area contributed by atoms with Gasteiger partial charge in [0.2, 0.25) is 0 Å². The summed E-state index contributed by atoms with van der Waals surface area (Å²) in [6.07, 6.45) is 4.24. The summed E-state index contributed by atoms with van der Waals surface area (Å²) in [6.45, 7) is 2.47. The van der Waals surface area contributed by atoms with E-state index >= 15 is 0 Å². The summed E-state index contributed by atoms with van der Waals surface area (Å²) in [6, 6.07) is 12.2. The lowest BCUT2D eigenvalue weighted by Crippen LogP contribution is -2.46. The molecular weight excluding hydrogens is 312 g/mol. The highest BCUT2D eigenvalue weighted by molar-refractivity contribution is 6.10. The summed E-state index contributed by atoms with van der Waals surface area (Å²) in [5, 5.41) is 2.17. The number of carbonyl (C=O) groups is 1. The van der Waals surface area contributed by atoms with Gasteiger partial charge in [0.1, 0.15) is 0 Å². The third kappa shape index (κ3) is 2.89. The van der Waals surface area contributed by atoms with Crippen LogP contribution in [0.1, 0.15) is 36.0 Å². The van der Waals surface area contributed by atoms with Crippen LogP contribution in [0, 0.1) is 0 Å². The van der Waals surface area contributed by atoms with Crippen LogP contribution in [-0.2, 0) is 4.74 Å². The molecule has 25 heavy (non-hydrogen) atoms. The highest BCUT2D eigenvalue weighted by Crippen LogP contribution is 2.36. The van der Waals surface area contributed by atoms with Crippen molar-refractivity contribution >= 4 is 22.4 Å². The minimum atomic E-state index is 0.0492. The molecule has 2 fully saturated rings. The summed E-state index contributed by atoms with van der Waals surface area (Å²) in [7, 11) is 4.07. The molecule has 2 aromatic rings. The maximum atomic E-state index is 13.2. The Morgan fingerprint density at radius 2 is 1.76 bits per heavy atom. The molecule has 0 bridgehead atoms. The summed E-state index contributed by atoms with van der Waals surface area (Å²) in [4.78, 5) is 17.3. The van der Waals surface area contributed by atoms with Crippen molar-refractivity contribution in [3.8, 4) is 0 Å². The van der Waals surface area contributed by atoms with Gasteiger partial charge in [-0.1, -0.05) is 24.3 Å². The lowest BCUT2D eigenvalue weighted by molar-refractivity contribution is -0.0387. The zero-order chi connectivity index (χ0) is 17.4. The summed E-state index contributed by atoms with van der Waals surface area (Å²) < 4.78 is 5.98. The number of anilines is 1. The second-order valence-electron chi connectivity index (χ2n) is 7.50. The zero-order valence-electron chi connectivity index (χ0n) is 15.1. The number of fused-ring (bicyclic) bond motifs is 1. The average molecular weight is 338 g/mol. The highest BCUT2D eigenvalue weighted by Gasteiger charge is 2.39. The Morgan fingerprint density at radius 3 is 2.40 bits per heavy atom. The fourth-order valence-electron chi connectivity index (χ4n) is 4.30. The van der Waals surface area contributed by atoms with E-state index in [9.17, 15) is 4.79 Å². The van der Waals surface area contributed by atoms with Crippen LogP contribution in [0.15, 0.2) is 36.4 Å². The van der Waals surface area contributed by atoms with E-state index in [0.717, 1.165) is 67.4 Å². The molecule has 2 aliphatic heterocycles. The van der Waals surface area contributed by atoms with Crippen molar-refractivity contribution in [2.45, 2.75) is 31.3 Å². The first-order chi connectivity index (χ1) is 12.1. The minimum Gasteiger partial charge on any atom is -0.377 e. The molecule has 2 aromatic carbocycles. The molecule has 0 N–H and O–H groups in total. The standard InChI is InChI=1S/C21H26N2O2/c1-22(2)19-9-8-18(16-6-3-4-7-17(16)19)20(24)23-13-11-21(12-14-23)10-5-15-25-21/h3-4,6-9H,5,10-15H2,1-2H3. The van der Waals surface area contributed by atoms with Crippen molar-refractivity contribution in [1.82, 2.24) is 4.90 Å². The van der Waals surface area contributed by atoms with E-state index in [4.69, 9.17) is 4.74 Å². The van der Waals surface area contributed by atoms with Gasteiger partial charge in [-0.05, 0) is 43.2 Å². The first kappa shape index (κ1) is 16.4. The first-order valence-corrected chi connectivity index (χ1v) is 9.22. The quantitative estimate of drug-likeness (QED) is 0.837. The van der Waals surface area contributed by atoms with E-state index in [-0.39, 0.29) is 11.5 Å². The van der Waals surface area contributed by atoms with Crippen molar-refractivity contribution < 1.29 is 9.53 Å². The molecule has 0 atom stereocenters.